The van der Waals surface area contributed by atoms with E-state index >= 15 is 0 Å². The fraction of sp³-hybridized carbons (Fsp3) is 0.636. The normalized spacial score (nSPS) is 22.7. The van der Waals surface area contributed by atoms with Gasteiger partial charge in [-0.1, -0.05) is 18.7 Å². The van der Waals surface area contributed by atoms with Crippen LogP contribution in [0.3, 0.4) is 0 Å². The number of hydrogen-bond donors (Lipinski definition) is 1. The predicted molar refractivity (Wildman–Crippen MR) is 66.7 cm³/mol. The third-order valence-corrected chi connectivity index (χ3v) is 3.66. The second kappa shape index (κ2) is 4.91. The van der Waals surface area contributed by atoms with Crippen LogP contribution in [0.25, 0.3) is 0 Å². The zero-order chi connectivity index (χ0) is 11.5. The van der Waals surface area contributed by atoms with Crippen LogP contribution >= 0.6 is 11.8 Å². The molecule has 0 saturated carbocycles. The largest absolute Gasteiger partial charge is 0.444 e. The van der Waals surface area contributed by atoms with E-state index in [0.29, 0.717) is 5.92 Å². The van der Waals surface area contributed by atoms with E-state index < -0.39 is 0 Å². The lowest BCUT2D eigenvalue weighted by atomic mass is 10.2. The number of nitrogens with zero attached hydrogens (tertiary/aromatic N) is 2. The van der Waals surface area contributed by atoms with Gasteiger partial charge in [0.1, 0.15) is 11.8 Å². The molecule has 1 N–H and O–H groups in total. The summed E-state index contributed by atoms with van der Waals surface area (Å²) in [5, 5.41) is 4.33. The molecule has 88 valence electrons. The van der Waals surface area contributed by atoms with Crippen LogP contribution in [0.5, 0.6) is 0 Å². The van der Waals surface area contributed by atoms with Gasteiger partial charge >= 0.3 is 0 Å². The molecule has 2 unspecified atom stereocenters. The van der Waals surface area contributed by atoms with Crippen molar-refractivity contribution in [3.8, 4) is 0 Å². The summed E-state index contributed by atoms with van der Waals surface area (Å²) in [6.07, 6.45) is 1.74. The Morgan fingerprint density at radius 3 is 3.00 bits per heavy atom. The van der Waals surface area contributed by atoms with Gasteiger partial charge in [0.15, 0.2) is 5.17 Å². The van der Waals surface area contributed by atoms with E-state index in [4.69, 9.17) is 4.42 Å². The molecular weight excluding hydrogens is 222 g/mol. The van der Waals surface area contributed by atoms with Crippen LogP contribution in [0.2, 0.25) is 0 Å². The molecule has 0 bridgehead atoms. The molecule has 2 heterocycles. The average Bonchev–Trinajstić information content (AvgIpc) is 2.68. The number of amidine groups is 1. The topological polar surface area (TPSA) is 50.4 Å². The van der Waals surface area contributed by atoms with E-state index in [2.05, 4.69) is 22.2 Å². The van der Waals surface area contributed by atoms with Gasteiger partial charge in [-0.2, -0.15) is 0 Å². The molecule has 0 spiro atoms. The maximum absolute atomic E-state index is 5.47. The highest BCUT2D eigenvalue weighted by Crippen LogP contribution is 2.19. The number of nitrogens with one attached hydrogen (secondary N) is 1. The number of aryl methyl sites for hydroxylation is 1. The zero-order valence-electron chi connectivity index (χ0n) is 9.86. The monoisotopic (exact) mass is 239 g/mol. The molecule has 1 aliphatic heterocycles. The summed E-state index contributed by atoms with van der Waals surface area (Å²) in [6.45, 7) is 7.06. The highest BCUT2D eigenvalue weighted by Gasteiger charge is 2.17. The third-order valence-electron chi connectivity index (χ3n) is 2.40. The van der Waals surface area contributed by atoms with Gasteiger partial charge in [-0.05, 0) is 19.8 Å². The number of rotatable bonds is 2. The van der Waals surface area contributed by atoms with Crippen molar-refractivity contribution in [2.24, 2.45) is 10.9 Å². The van der Waals surface area contributed by atoms with Crippen LogP contribution in [0, 0.1) is 12.8 Å². The highest BCUT2D eigenvalue weighted by molar-refractivity contribution is 8.13. The SMILES string of the molecule is Cc1cnc(C(C)NC2=NCC(C)CS2)o1. The fourth-order valence-corrected chi connectivity index (χ4v) is 2.44. The Labute approximate surface area is 99.9 Å². The summed E-state index contributed by atoms with van der Waals surface area (Å²) in [7, 11) is 0. The van der Waals surface area contributed by atoms with Gasteiger partial charge in [0, 0.05) is 12.3 Å². The van der Waals surface area contributed by atoms with Gasteiger partial charge in [-0.25, -0.2) is 4.98 Å². The predicted octanol–water partition coefficient (Wildman–Crippen LogP) is 2.37. The van der Waals surface area contributed by atoms with Crippen molar-refractivity contribution in [2.45, 2.75) is 26.8 Å². The summed E-state index contributed by atoms with van der Waals surface area (Å²) >= 11 is 1.77. The van der Waals surface area contributed by atoms with E-state index in [9.17, 15) is 0 Å². The molecule has 0 aromatic carbocycles. The molecule has 1 aromatic heterocycles. The Kier molecular flexibility index (Phi) is 3.53. The lowest BCUT2D eigenvalue weighted by Gasteiger charge is -2.20. The Balaban J connectivity index is 1.95. The Morgan fingerprint density at radius 1 is 1.62 bits per heavy atom. The van der Waals surface area contributed by atoms with E-state index in [1.54, 1.807) is 18.0 Å². The van der Waals surface area contributed by atoms with E-state index in [1.807, 2.05) is 13.8 Å². The van der Waals surface area contributed by atoms with Crippen LogP contribution in [0.15, 0.2) is 15.6 Å². The van der Waals surface area contributed by atoms with Gasteiger partial charge in [0.2, 0.25) is 5.89 Å². The Morgan fingerprint density at radius 2 is 2.44 bits per heavy atom. The summed E-state index contributed by atoms with van der Waals surface area (Å²) in [6, 6.07) is 0.0772. The van der Waals surface area contributed by atoms with Crippen LogP contribution in [-0.4, -0.2) is 22.4 Å². The molecule has 0 amide bonds. The van der Waals surface area contributed by atoms with Crippen molar-refractivity contribution >= 4 is 16.9 Å². The zero-order valence-corrected chi connectivity index (χ0v) is 10.7. The summed E-state index contributed by atoms with van der Waals surface area (Å²) in [4.78, 5) is 8.68. The Hall–Kier alpha value is -0.970. The van der Waals surface area contributed by atoms with Crippen LogP contribution < -0.4 is 5.32 Å². The molecule has 0 aliphatic carbocycles. The second-order valence-corrected chi connectivity index (χ2v) is 5.25. The Bertz CT molecular complexity index is 388. The van der Waals surface area contributed by atoms with Crippen molar-refractivity contribution in [2.75, 3.05) is 12.3 Å². The maximum Gasteiger partial charge on any atom is 0.216 e. The molecule has 2 rings (SSSR count). The van der Waals surface area contributed by atoms with Gasteiger partial charge in [-0.15, -0.1) is 0 Å². The molecule has 5 heteroatoms. The molecule has 0 saturated heterocycles. The first kappa shape index (κ1) is 11.5. The van der Waals surface area contributed by atoms with E-state index in [0.717, 1.165) is 29.1 Å². The van der Waals surface area contributed by atoms with Gasteiger partial charge in [-0.3, -0.25) is 4.99 Å². The lowest BCUT2D eigenvalue weighted by Crippen LogP contribution is -2.28. The minimum absolute atomic E-state index is 0.0772. The van der Waals surface area contributed by atoms with Crippen LogP contribution in [0.1, 0.15) is 31.5 Å². The van der Waals surface area contributed by atoms with E-state index in [1.165, 1.54) is 0 Å². The van der Waals surface area contributed by atoms with Crippen LogP contribution in [-0.2, 0) is 0 Å². The molecule has 2 atom stereocenters. The number of hydrogen-bond acceptors (Lipinski definition) is 5. The summed E-state index contributed by atoms with van der Waals surface area (Å²) in [5.41, 5.74) is 0. The summed E-state index contributed by atoms with van der Waals surface area (Å²) in [5.74, 6) is 3.37. The van der Waals surface area contributed by atoms with Crippen molar-refractivity contribution in [3.05, 3.63) is 17.8 Å². The van der Waals surface area contributed by atoms with Gasteiger partial charge in [0.05, 0.1) is 6.20 Å². The molecule has 1 aromatic rings. The maximum atomic E-state index is 5.47. The molecule has 4 nitrogen and oxygen atoms in total. The lowest BCUT2D eigenvalue weighted by molar-refractivity contribution is 0.430. The highest BCUT2D eigenvalue weighted by atomic mass is 32.2. The van der Waals surface area contributed by atoms with Gasteiger partial charge in [0.25, 0.3) is 0 Å². The minimum atomic E-state index is 0.0772. The molecular formula is C11H17N3OS. The number of thioether (sulfide) groups is 1. The molecule has 1 aliphatic rings. The number of oxazole rings is 1. The standard InChI is InChI=1S/C11H17N3OS/c1-7-4-13-11(16-6-7)14-9(3)10-12-5-8(2)15-10/h5,7,9H,4,6H2,1-3H3,(H,13,14). The smallest absolute Gasteiger partial charge is 0.216 e. The fourth-order valence-electron chi connectivity index (χ4n) is 1.46. The first-order chi connectivity index (χ1) is 7.65. The molecule has 0 radical (unpaired) electrons. The first-order valence-corrected chi connectivity index (χ1v) is 6.50. The van der Waals surface area contributed by atoms with E-state index in [-0.39, 0.29) is 6.04 Å². The second-order valence-electron chi connectivity index (χ2n) is 4.24. The van der Waals surface area contributed by atoms with Gasteiger partial charge < -0.3 is 9.73 Å². The molecule has 16 heavy (non-hydrogen) atoms. The number of aromatic nitrogens is 1. The van der Waals surface area contributed by atoms with Crippen molar-refractivity contribution in [3.63, 3.8) is 0 Å². The van der Waals surface area contributed by atoms with Crippen molar-refractivity contribution < 1.29 is 4.42 Å². The first-order valence-electron chi connectivity index (χ1n) is 5.51. The van der Waals surface area contributed by atoms with Crippen LogP contribution in [0.4, 0.5) is 0 Å². The van der Waals surface area contributed by atoms with Crippen molar-refractivity contribution in [1.29, 1.82) is 0 Å². The third kappa shape index (κ3) is 2.78. The minimum Gasteiger partial charge on any atom is -0.444 e. The molecule has 0 fully saturated rings. The van der Waals surface area contributed by atoms with Crippen molar-refractivity contribution in [1.82, 2.24) is 10.3 Å². The number of aliphatic imine (C=N–C) groups is 1. The summed E-state index contributed by atoms with van der Waals surface area (Å²) < 4.78 is 5.47. The average molecular weight is 239 g/mol. The quantitative estimate of drug-likeness (QED) is 0.861.